The van der Waals surface area contributed by atoms with Gasteiger partial charge >= 0.3 is 17.9 Å². The third kappa shape index (κ3) is 66.2. The molecular weight excluding hydrogens is 997 g/mol. The van der Waals surface area contributed by atoms with E-state index >= 15 is 0 Å². The number of hydrogen-bond donors (Lipinski definition) is 0. The van der Waals surface area contributed by atoms with Gasteiger partial charge in [-0.25, -0.2) is 0 Å². The topological polar surface area (TPSA) is 78.9 Å². The Hall–Kier alpha value is -4.45. The van der Waals surface area contributed by atoms with Crippen molar-refractivity contribution in [2.45, 2.75) is 309 Å². The number of rotatable bonds is 60. The zero-order chi connectivity index (χ0) is 58.5. The van der Waals surface area contributed by atoms with Crippen LogP contribution in [0.3, 0.4) is 0 Å². The lowest BCUT2D eigenvalue weighted by molar-refractivity contribution is -0.167. The van der Waals surface area contributed by atoms with Gasteiger partial charge in [-0.05, 0) is 141 Å². The summed E-state index contributed by atoms with van der Waals surface area (Å²) in [5.41, 5.74) is 0. The van der Waals surface area contributed by atoms with Gasteiger partial charge in [-0.2, -0.15) is 0 Å². The van der Waals surface area contributed by atoms with Gasteiger partial charge in [0.15, 0.2) is 6.10 Å². The Morgan fingerprint density at radius 2 is 0.481 bits per heavy atom. The fourth-order valence-corrected chi connectivity index (χ4v) is 9.07. The molecule has 6 nitrogen and oxygen atoms in total. The van der Waals surface area contributed by atoms with E-state index in [0.29, 0.717) is 19.3 Å². The van der Waals surface area contributed by atoms with Crippen LogP contribution in [0.4, 0.5) is 0 Å². The smallest absolute Gasteiger partial charge is 0.306 e. The van der Waals surface area contributed by atoms with Crippen LogP contribution in [0.5, 0.6) is 0 Å². The first-order chi connectivity index (χ1) is 40.0. The van der Waals surface area contributed by atoms with Gasteiger partial charge in [-0.15, -0.1) is 0 Å². The molecule has 1 atom stereocenters. The number of carbonyl (C=O) groups excluding carboxylic acids is 3. The number of ether oxygens (including phenoxy) is 3. The van der Waals surface area contributed by atoms with Crippen molar-refractivity contribution in [2.24, 2.45) is 0 Å². The van der Waals surface area contributed by atoms with Crippen molar-refractivity contribution in [3.05, 3.63) is 134 Å². The summed E-state index contributed by atoms with van der Waals surface area (Å²) < 4.78 is 16.9. The second kappa shape index (κ2) is 68.1. The Kier molecular flexibility index (Phi) is 64.3. The molecule has 0 rings (SSSR count). The van der Waals surface area contributed by atoms with Crippen molar-refractivity contribution in [1.29, 1.82) is 0 Å². The number of unbranched alkanes of at least 4 members (excludes halogenated alkanes) is 27. The summed E-state index contributed by atoms with van der Waals surface area (Å²) in [6.07, 6.45) is 95.9. The minimum Gasteiger partial charge on any atom is -0.462 e. The highest BCUT2D eigenvalue weighted by Crippen LogP contribution is 2.15. The van der Waals surface area contributed by atoms with Gasteiger partial charge in [0.2, 0.25) is 0 Å². The van der Waals surface area contributed by atoms with E-state index < -0.39 is 6.10 Å². The third-order valence-corrected chi connectivity index (χ3v) is 14.1. The van der Waals surface area contributed by atoms with Crippen molar-refractivity contribution < 1.29 is 28.6 Å². The van der Waals surface area contributed by atoms with Gasteiger partial charge < -0.3 is 14.2 Å². The molecule has 0 aromatic heterocycles. The molecule has 460 valence electrons. The molecule has 0 saturated heterocycles. The maximum absolute atomic E-state index is 12.9. The first-order valence-electron chi connectivity index (χ1n) is 33.7. The molecule has 0 aliphatic heterocycles. The average molecular weight is 1120 g/mol. The number of carbonyl (C=O) groups is 3. The molecule has 0 aromatic rings. The van der Waals surface area contributed by atoms with E-state index in [0.717, 1.165) is 135 Å². The third-order valence-electron chi connectivity index (χ3n) is 14.1. The molecule has 0 radical (unpaired) electrons. The van der Waals surface area contributed by atoms with Gasteiger partial charge in [-0.1, -0.05) is 276 Å². The van der Waals surface area contributed by atoms with Gasteiger partial charge in [0.25, 0.3) is 0 Å². The number of allylic oxidation sites excluding steroid dienone is 22. The van der Waals surface area contributed by atoms with Gasteiger partial charge in [0.05, 0.1) is 0 Å². The molecule has 81 heavy (non-hydrogen) atoms. The maximum Gasteiger partial charge on any atom is 0.306 e. The molecule has 0 saturated carbocycles. The summed E-state index contributed by atoms with van der Waals surface area (Å²) in [6, 6.07) is 0. The van der Waals surface area contributed by atoms with Crippen molar-refractivity contribution in [3.8, 4) is 0 Å². The summed E-state index contributed by atoms with van der Waals surface area (Å²) in [6.45, 7) is 6.47. The highest BCUT2D eigenvalue weighted by molar-refractivity contribution is 5.71. The standard InChI is InChI=1S/C75H124O6/c1-4-7-10-13-16-19-22-25-28-31-34-35-36-37-38-39-42-44-47-50-53-56-59-62-65-68-74(77)80-71-72(81-75(78)69-66-63-60-57-54-51-48-45-41-33-30-27-24-21-18-15-12-9-6-3)70-79-73(76)67-64-61-58-55-52-49-46-43-40-32-29-26-23-20-17-14-11-8-5-2/h7,10,16,18-19,21,25-30,34-35,37-38,41-42,44-45,50,53,72H,4-6,8-9,11-15,17,20,22-24,31-33,36,39-40,43,46-49,51-52,54-71H2,1-3H3/b10-7-,19-16-,21-18-,28-25-,29-26-,30-27-,35-34-,38-37-,44-42-,45-41-,53-50-. The zero-order valence-corrected chi connectivity index (χ0v) is 52.8. The maximum atomic E-state index is 12.9. The van der Waals surface area contributed by atoms with Crippen LogP contribution in [0, 0.1) is 0 Å². The fraction of sp³-hybridized carbons (Fsp3) is 0.667. The van der Waals surface area contributed by atoms with Crippen LogP contribution in [0.15, 0.2) is 134 Å². The lowest BCUT2D eigenvalue weighted by Crippen LogP contribution is -2.30. The van der Waals surface area contributed by atoms with E-state index in [-0.39, 0.29) is 31.1 Å². The molecule has 6 heteroatoms. The molecule has 0 spiro atoms. The molecule has 0 aromatic carbocycles. The second-order valence-corrected chi connectivity index (χ2v) is 22.0. The highest BCUT2D eigenvalue weighted by Gasteiger charge is 2.19. The fourth-order valence-electron chi connectivity index (χ4n) is 9.07. The second-order valence-electron chi connectivity index (χ2n) is 22.0. The van der Waals surface area contributed by atoms with Crippen LogP contribution in [0.1, 0.15) is 303 Å². The summed E-state index contributed by atoms with van der Waals surface area (Å²) in [5, 5.41) is 0. The molecule has 0 fully saturated rings. The Balaban J connectivity index is 4.49. The van der Waals surface area contributed by atoms with Crippen molar-refractivity contribution in [2.75, 3.05) is 13.2 Å². The summed E-state index contributed by atoms with van der Waals surface area (Å²) in [7, 11) is 0. The van der Waals surface area contributed by atoms with E-state index in [1.54, 1.807) is 0 Å². The molecule has 0 bridgehead atoms. The van der Waals surface area contributed by atoms with Crippen LogP contribution in [-0.2, 0) is 28.6 Å². The summed E-state index contributed by atoms with van der Waals surface area (Å²) in [5.74, 6) is -0.942. The van der Waals surface area contributed by atoms with Crippen molar-refractivity contribution >= 4 is 17.9 Å². The molecule has 0 heterocycles. The van der Waals surface area contributed by atoms with Crippen LogP contribution < -0.4 is 0 Å². The van der Waals surface area contributed by atoms with Crippen LogP contribution in [0.2, 0.25) is 0 Å². The molecule has 0 amide bonds. The summed E-state index contributed by atoms with van der Waals surface area (Å²) in [4.78, 5) is 38.4. The number of hydrogen-bond acceptors (Lipinski definition) is 6. The zero-order valence-electron chi connectivity index (χ0n) is 52.8. The molecule has 0 aliphatic rings. The van der Waals surface area contributed by atoms with Crippen LogP contribution >= 0.6 is 0 Å². The van der Waals surface area contributed by atoms with Crippen LogP contribution in [-0.4, -0.2) is 37.2 Å². The Bertz CT molecular complexity index is 1720. The van der Waals surface area contributed by atoms with E-state index in [2.05, 4.69) is 154 Å². The quantitative estimate of drug-likeness (QED) is 0.0261. The van der Waals surface area contributed by atoms with Gasteiger partial charge in [0, 0.05) is 19.3 Å². The normalized spacial score (nSPS) is 13.0. The monoisotopic (exact) mass is 1120 g/mol. The van der Waals surface area contributed by atoms with E-state index in [1.807, 2.05) is 0 Å². The van der Waals surface area contributed by atoms with Crippen molar-refractivity contribution in [3.63, 3.8) is 0 Å². The van der Waals surface area contributed by atoms with Gasteiger partial charge in [-0.3, -0.25) is 14.4 Å². The van der Waals surface area contributed by atoms with Gasteiger partial charge in [0.1, 0.15) is 13.2 Å². The molecule has 0 N–H and O–H groups in total. The molecule has 0 aliphatic carbocycles. The highest BCUT2D eigenvalue weighted by atomic mass is 16.6. The largest absolute Gasteiger partial charge is 0.462 e. The SMILES string of the molecule is CC/C=C\C/C=C\C/C=C\C/C=C\C/C=C\C/C=C\C/C=C\CCCCCC(=O)OCC(COC(=O)CCCCCCCCCCC/C=C\CCCCCCCC)OC(=O)CCCCCCCC/C=C\C/C=C\C/C=C\CCCCC. The lowest BCUT2D eigenvalue weighted by Gasteiger charge is -2.18. The van der Waals surface area contributed by atoms with E-state index in [1.165, 1.54) is 128 Å². The predicted octanol–water partition coefficient (Wildman–Crippen LogP) is 23.3. The first kappa shape index (κ1) is 76.5. The van der Waals surface area contributed by atoms with Crippen molar-refractivity contribution in [1.82, 2.24) is 0 Å². The van der Waals surface area contributed by atoms with E-state index in [9.17, 15) is 14.4 Å². The predicted molar refractivity (Wildman–Crippen MR) is 353 cm³/mol. The minimum absolute atomic E-state index is 0.0983. The first-order valence-corrected chi connectivity index (χ1v) is 33.7. The van der Waals surface area contributed by atoms with Crippen LogP contribution in [0.25, 0.3) is 0 Å². The summed E-state index contributed by atoms with van der Waals surface area (Å²) >= 11 is 0. The van der Waals surface area contributed by atoms with E-state index in [4.69, 9.17) is 14.2 Å². The molecular formula is C75H124O6. The Morgan fingerprint density at radius 3 is 0.802 bits per heavy atom. The Morgan fingerprint density at radius 1 is 0.259 bits per heavy atom. The lowest BCUT2D eigenvalue weighted by atomic mass is 10.1. The molecule has 1 unspecified atom stereocenters. The Labute approximate surface area is 500 Å². The number of esters is 3. The average Bonchev–Trinajstić information content (AvgIpc) is 3.47. The minimum atomic E-state index is -0.807.